The van der Waals surface area contributed by atoms with Gasteiger partial charge in [0.15, 0.2) is 0 Å². The van der Waals surface area contributed by atoms with Gasteiger partial charge in [-0.1, -0.05) is 37.3 Å². The number of carbonyl (C=O) groups is 2. The molecule has 0 fully saturated rings. The molecule has 0 radical (unpaired) electrons. The number of ether oxygens (including phenoxy) is 2. The summed E-state index contributed by atoms with van der Waals surface area (Å²) in [5, 5.41) is 0. The summed E-state index contributed by atoms with van der Waals surface area (Å²) in [6.45, 7) is 6.38. The van der Waals surface area contributed by atoms with Crippen LogP contribution in [0.5, 0.6) is 0 Å². The SMILES string of the molecule is CC(C)(C)OC(=O)CC(CCC(F)(F)F)C(=O)OCc1ccccc1.CCCC(F)(F)F. The van der Waals surface area contributed by atoms with Crippen LogP contribution in [0.1, 0.15) is 65.4 Å². The highest BCUT2D eigenvalue weighted by Gasteiger charge is 2.33. The lowest BCUT2D eigenvalue weighted by atomic mass is 9.99. The first kappa shape index (κ1) is 29.7. The normalized spacial score (nSPS) is 12.9. The highest BCUT2D eigenvalue weighted by atomic mass is 19.4. The van der Waals surface area contributed by atoms with Crippen LogP contribution in [-0.2, 0) is 25.7 Å². The van der Waals surface area contributed by atoms with Crippen LogP contribution in [0.3, 0.4) is 0 Å². The van der Waals surface area contributed by atoms with E-state index < -0.39 is 61.5 Å². The minimum atomic E-state index is -4.41. The molecule has 0 amide bonds. The molecule has 1 aromatic carbocycles. The third-order valence-electron chi connectivity index (χ3n) is 3.70. The lowest BCUT2D eigenvalue weighted by Gasteiger charge is -2.22. The van der Waals surface area contributed by atoms with Gasteiger partial charge in [-0.3, -0.25) is 9.59 Å². The summed E-state index contributed by atoms with van der Waals surface area (Å²) in [5.41, 5.74) is -0.0673. The van der Waals surface area contributed by atoms with Gasteiger partial charge in [-0.05, 0) is 39.2 Å². The van der Waals surface area contributed by atoms with Crippen LogP contribution < -0.4 is 0 Å². The van der Waals surface area contributed by atoms with Crippen molar-refractivity contribution < 1.29 is 45.4 Å². The van der Waals surface area contributed by atoms with Crippen LogP contribution in [0.2, 0.25) is 0 Å². The van der Waals surface area contributed by atoms with Crippen molar-refractivity contribution in [3.63, 3.8) is 0 Å². The molecule has 184 valence electrons. The number of hydrogen-bond donors (Lipinski definition) is 0. The first-order valence-corrected chi connectivity index (χ1v) is 10.1. The Balaban J connectivity index is 0.00000118. The van der Waals surface area contributed by atoms with Gasteiger partial charge in [0.05, 0.1) is 12.3 Å². The highest BCUT2D eigenvalue weighted by molar-refractivity contribution is 5.80. The first-order chi connectivity index (χ1) is 14.5. The van der Waals surface area contributed by atoms with Crippen LogP contribution in [0, 0.1) is 5.92 Å². The van der Waals surface area contributed by atoms with E-state index in [0.717, 1.165) is 0 Å². The Morgan fingerprint density at radius 3 is 1.84 bits per heavy atom. The van der Waals surface area contributed by atoms with Crippen molar-refractivity contribution in [1.82, 2.24) is 0 Å². The molecule has 1 atom stereocenters. The molecule has 10 heteroatoms. The van der Waals surface area contributed by atoms with Gasteiger partial charge in [-0.25, -0.2) is 0 Å². The Hall–Kier alpha value is -2.26. The summed E-state index contributed by atoms with van der Waals surface area (Å²) in [6, 6.07) is 8.76. The molecule has 4 nitrogen and oxygen atoms in total. The quantitative estimate of drug-likeness (QED) is 0.310. The zero-order chi connectivity index (χ0) is 25.0. The van der Waals surface area contributed by atoms with E-state index in [9.17, 15) is 35.9 Å². The van der Waals surface area contributed by atoms with E-state index in [4.69, 9.17) is 9.47 Å². The number of halogens is 6. The molecular formula is C22H30F6O4. The number of rotatable bonds is 8. The minimum absolute atomic E-state index is 0.0590. The van der Waals surface area contributed by atoms with E-state index in [1.54, 1.807) is 51.1 Å². The van der Waals surface area contributed by atoms with Crippen LogP contribution in [0.25, 0.3) is 0 Å². The fourth-order valence-corrected chi connectivity index (χ4v) is 2.36. The molecule has 0 aromatic heterocycles. The van der Waals surface area contributed by atoms with E-state index in [2.05, 4.69) is 0 Å². The van der Waals surface area contributed by atoms with Gasteiger partial charge >= 0.3 is 24.3 Å². The van der Waals surface area contributed by atoms with E-state index >= 15 is 0 Å². The lowest BCUT2D eigenvalue weighted by Crippen LogP contribution is -2.28. The number of esters is 2. The van der Waals surface area contributed by atoms with Gasteiger partial charge in [0.2, 0.25) is 0 Å². The predicted octanol–water partition coefficient (Wildman–Crippen LogP) is 6.77. The molecule has 0 heterocycles. The lowest BCUT2D eigenvalue weighted by molar-refractivity contribution is -0.165. The molecule has 1 unspecified atom stereocenters. The molecule has 1 aromatic rings. The van der Waals surface area contributed by atoms with E-state index in [-0.39, 0.29) is 13.0 Å². The van der Waals surface area contributed by atoms with E-state index in [0.29, 0.717) is 5.56 Å². The predicted molar refractivity (Wildman–Crippen MR) is 106 cm³/mol. The average Bonchev–Trinajstić information content (AvgIpc) is 2.61. The molecule has 0 N–H and O–H groups in total. The molecule has 0 saturated heterocycles. The first-order valence-electron chi connectivity index (χ1n) is 10.1. The third-order valence-corrected chi connectivity index (χ3v) is 3.70. The molecule has 0 bridgehead atoms. The summed E-state index contributed by atoms with van der Waals surface area (Å²) in [7, 11) is 0. The molecule has 0 spiro atoms. The Morgan fingerprint density at radius 2 is 1.44 bits per heavy atom. The van der Waals surface area contributed by atoms with Crippen LogP contribution in [-0.4, -0.2) is 29.9 Å². The van der Waals surface area contributed by atoms with Crippen LogP contribution in [0.4, 0.5) is 26.3 Å². The molecular weight excluding hydrogens is 442 g/mol. The van der Waals surface area contributed by atoms with Crippen LogP contribution >= 0.6 is 0 Å². The Kier molecular flexibility index (Phi) is 12.4. The average molecular weight is 472 g/mol. The summed E-state index contributed by atoms with van der Waals surface area (Å²) in [6.07, 6.45) is -11.0. The third kappa shape index (κ3) is 17.4. The molecule has 0 aliphatic carbocycles. The Labute approximate surface area is 184 Å². The van der Waals surface area contributed by atoms with Gasteiger partial charge in [-0.2, -0.15) is 26.3 Å². The zero-order valence-corrected chi connectivity index (χ0v) is 18.6. The smallest absolute Gasteiger partial charge is 0.389 e. The van der Waals surface area contributed by atoms with Gasteiger partial charge in [0.25, 0.3) is 0 Å². The molecule has 0 aliphatic heterocycles. The van der Waals surface area contributed by atoms with Crippen molar-refractivity contribution in [3.05, 3.63) is 35.9 Å². The van der Waals surface area contributed by atoms with Crippen molar-refractivity contribution >= 4 is 11.9 Å². The van der Waals surface area contributed by atoms with Crippen LogP contribution in [0.15, 0.2) is 30.3 Å². The maximum absolute atomic E-state index is 12.5. The second kappa shape index (κ2) is 13.3. The standard InChI is InChI=1S/C18H23F3O4.C4H7F3/c1-17(2,3)25-15(22)11-14(9-10-18(19,20)21)16(23)24-12-13-7-5-4-6-8-13;1-2-3-4(5,6)7/h4-8,14H,9-12H2,1-3H3;2-3H2,1H3. The zero-order valence-electron chi connectivity index (χ0n) is 18.6. The van der Waals surface area contributed by atoms with Crippen molar-refractivity contribution in [2.45, 2.75) is 84.4 Å². The van der Waals surface area contributed by atoms with Crippen molar-refractivity contribution in [3.8, 4) is 0 Å². The topological polar surface area (TPSA) is 52.6 Å². The minimum Gasteiger partial charge on any atom is -0.461 e. The Morgan fingerprint density at radius 1 is 0.906 bits per heavy atom. The maximum atomic E-state index is 12.5. The summed E-state index contributed by atoms with van der Waals surface area (Å²) >= 11 is 0. The monoisotopic (exact) mass is 472 g/mol. The largest absolute Gasteiger partial charge is 0.461 e. The van der Waals surface area contributed by atoms with Gasteiger partial charge < -0.3 is 9.47 Å². The molecule has 1 rings (SSSR count). The van der Waals surface area contributed by atoms with Gasteiger partial charge in [0.1, 0.15) is 12.2 Å². The van der Waals surface area contributed by atoms with Gasteiger partial charge in [0, 0.05) is 12.8 Å². The van der Waals surface area contributed by atoms with E-state index in [1.165, 1.54) is 6.92 Å². The number of alkyl halides is 6. The fourth-order valence-electron chi connectivity index (χ4n) is 2.36. The fraction of sp³-hybridized carbons (Fsp3) is 0.636. The summed E-state index contributed by atoms with van der Waals surface area (Å²) in [4.78, 5) is 24.0. The van der Waals surface area contributed by atoms with E-state index in [1.807, 2.05) is 0 Å². The second-order valence-corrected chi connectivity index (χ2v) is 8.10. The molecule has 0 aliphatic rings. The van der Waals surface area contributed by atoms with Crippen molar-refractivity contribution in [2.24, 2.45) is 5.92 Å². The van der Waals surface area contributed by atoms with Crippen molar-refractivity contribution in [2.75, 3.05) is 0 Å². The molecule has 0 saturated carbocycles. The number of carbonyl (C=O) groups excluding carboxylic acids is 2. The number of benzene rings is 1. The number of hydrogen-bond acceptors (Lipinski definition) is 4. The second-order valence-electron chi connectivity index (χ2n) is 8.10. The molecule has 32 heavy (non-hydrogen) atoms. The Bertz CT molecular complexity index is 678. The summed E-state index contributed by atoms with van der Waals surface area (Å²) < 4.78 is 80.7. The highest BCUT2D eigenvalue weighted by Crippen LogP contribution is 2.27. The summed E-state index contributed by atoms with van der Waals surface area (Å²) in [5.74, 6) is -2.75. The van der Waals surface area contributed by atoms with Gasteiger partial charge in [-0.15, -0.1) is 0 Å². The maximum Gasteiger partial charge on any atom is 0.389 e. The van der Waals surface area contributed by atoms with Crippen molar-refractivity contribution in [1.29, 1.82) is 0 Å².